The molecule has 0 spiro atoms. The summed E-state index contributed by atoms with van der Waals surface area (Å²) in [7, 11) is -4.46. The van der Waals surface area contributed by atoms with Gasteiger partial charge in [0.15, 0.2) is 0 Å². The molecule has 5 atom stereocenters. The van der Waals surface area contributed by atoms with E-state index in [1.807, 2.05) is 0 Å². The maximum Gasteiger partial charge on any atom is 0.333 e. The minimum absolute atomic E-state index is 0.0571. The van der Waals surface area contributed by atoms with Crippen LogP contribution in [-0.4, -0.2) is 72.2 Å². The van der Waals surface area contributed by atoms with Gasteiger partial charge >= 0.3 is 22.0 Å². The van der Waals surface area contributed by atoms with Gasteiger partial charge in [-0.05, 0) is 19.8 Å². The molecule has 0 aromatic carbocycles. The molecule has 12 nitrogen and oxygen atoms in total. The first-order valence-electron chi connectivity index (χ1n) is 9.68. The van der Waals surface area contributed by atoms with Crippen molar-refractivity contribution < 1.29 is 36.9 Å². The summed E-state index contributed by atoms with van der Waals surface area (Å²) in [5.41, 5.74) is 0. The fraction of sp³-hybridized carbons (Fsp3) is 0.750. The minimum Gasteiger partial charge on any atom is -0.618 e. The van der Waals surface area contributed by atoms with E-state index in [1.54, 1.807) is 11.8 Å². The topological polar surface area (TPSA) is 166 Å². The number of hydroxylamine groups is 3. The Kier molecular flexibility index (Phi) is 6.89. The molecule has 3 aliphatic rings. The zero-order valence-electron chi connectivity index (χ0n) is 16.3. The van der Waals surface area contributed by atoms with Crippen molar-refractivity contribution in [2.24, 2.45) is 0 Å². The molecular formula is C16H24N4O8S2. The maximum absolute atomic E-state index is 12.2. The monoisotopic (exact) mass is 464 g/mol. The molecule has 0 radical (unpaired) electrons. The molecule has 3 saturated heterocycles. The number of nitrogens with one attached hydrogen (secondary N) is 3. The summed E-state index contributed by atoms with van der Waals surface area (Å²) >= 11 is 1.75. The Labute approximate surface area is 177 Å². The summed E-state index contributed by atoms with van der Waals surface area (Å²) in [6, 6.07) is 0.0206. The van der Waals surface area contributed by atoms with Crippen LogP contribution in [0, 0.1) is 5.21 Å². The zero-order valence-corrected chi connectivity index (χ0v) is 17.9. The fourth-order valence-electron chi connectivity index (χ4n) is 3.69. The van der Waals surface area contributed by atoms with E-state index in [1.165, 1.54) is 6.92 Å². The van der Waals surface area contributed by atoms with Crippen LogP contribution < -0.4 is 15.1 Å². The van der Waals surface area contributed by atoms with Gasteiger partial charge in [0.05, 0.1) is 25.0 Å². The third kappa shape index (κ3) is 4.55. The molecular weight excluding hydrogens is 440 g/mol. The highest BCUT2D eigenvalue weighted by Crippen LogP contribution is 2.33. The highest BCUT2D eigenvalue weighted by molar-refractivity contribution is 8.00. The van der Waals surface area contributed by atoms with Gasteiger partial charge in [0.25, 0.3) is 11.8 Å². The lowest BCUT2D eigenvalue weighted by Gasteiger charge is -2.22. The van der Waals surface area contributed by atoms with Crippen LogP contribution in [0.25, 0.3) is 0 Å². The molecule has 3 fully saturated rings. The first-order chi connectivity index (χ1) is 14.1. The number of sulfonamides is 1. The molecule has 0 saturated carbocycles. The van der Waals surface area contributed by atoms with E-state index >= 15 is 0 Å². The van der Waals surface area contributed by atoms with Crippen molar-refractivity contribution >= 4 is 45.6 Å². The lowest BCUT2D eigenvalue weighted by atomic mass is 10.0. The van der Waals surface area contributed by atoms with Crippen LogP contribution in [0.4, 0.5) is 4.79 Å². The number of imide groups is 1. The summed E-state index contributed by atoms with van der Waals surface area (Å²) < 4.78 is 23.0. The second-order valence-electron chi connectivity index (χ2n) is 7.32. The highest BCUT2D eigenvalue weighted by Gasteiger charge is 2.51. The van der Waals surface area contributed by atoms with Crippen molar-refractivity contribution in [3.8, 4) is 0 Å². The first-order valence-corrected chi connectivity index (χ1v) is 12.3. The van der Waals surface area contributed by atoms with Gasteiger partial charge < -0.3 is 20.7 Å². The molecule has 5 unspecified atom stereocenters. The Morgan fingerprint density at radius 3 is 2.73 bits per heavy atom. The van der Waals surface area contributed by atoms with Gasteiger partial charge in [-0.2, -0.15) is 20.2 Å². The normalized spacial score (nSPS) is 29.5. The number of hydrogen-bond donors (Lipinski definition) is 3. The van der Waals surface area contributed by atoms with E-state index in [2.05, 4.69) is 10.6 Å². The van der Waals surface area contributed by atoms with Crippen molar-refractivity contribution in [1.82, 2.24) is 15.7 Å². The second kappa shape index (κ2) is 9.08. The van der Waals surface area contributed by atoms with Crippen LogP contribution >= 0.6 is 11.8 Å². The Morgan fingerprint density at radius 1 is 1.30 bits per heavy atom. The number of nitrogens with zero attached hydrogens (tertiary/aromatic N) is 1. The molecule has 3 heterocycles. The van der Waals surface area contributed by atoms with Crippen molar-refractivity contribution in [1.29, 1.82) is 0 Å². The number of carbonyl (C=O) groups excluding carboxylic acids is 4. The summed E-state index contributed by atoms with van der Waals surface area (Å²) in [4.78, 5) is 52.3. The van der Waals surface area contributed by atoms with Gasteiger partial charge in [-0.15, -0.1) is 5.06 Å². The molecule has 0 aliphatic carbocycles. The summed E-state index contributed by atoms with van der Waals surface area (Å²) in [6.07, 6.45) is 1.12. The van der Waals surface area contributed by atoms with Crippen molar-refractivity contribution in [2.75, 3.05) is 12.3 Å². The average molecular weight is 465 g/mol. The quantitative estimate of drug-likeness (QED) is 0.152. The van der Waals surface area contributed by atoms with Gasteiger partial charge in [0, 0.05) is 17.4 Å². The Hall–Kier alpha value is -1.90. The number of thioether (sulfide) groups is 1. The van der Waals surface area contributed by atoms with Crippen molar-refractivity contribution in [2.45, 2.75) is 61.6 Å². The number of urea groups is 1. The van der Waals surface area contributed by atoms with Gasteiger partial charge in [0.2, 0.25) is 5.25 Å². The van der Waals surface area contributed by atoms with Crippen molar-refractivity contribution in [3.05, 3.63) is 5.21 Å². The number of quaternary nitrogens is 1. The smallest absolute Gasteiger partial charge is 0.333 e. The summed E-state index contributed by atoms with van der Waals surface area (Å²) in [5, 5.41) is 15.9. The summed E-state index contributed by atoms with van der Waals surface area (Å²) in [5.74, 6) is -2.18. The third-order valence-corrected chi connectivity index (χ3v) is 8.84. The second-order valence-corrected chi connectivity index (χ2v) is 10.7. The molecule has 3 aliphatic heterocycles. The molecule has 30 heavy (non-hydrogen) atoms. The largest absolute Gasteiger partial charge is 0.618 e. The standard InChI is InChI=1S/C16H24N4O8S2/c1-2-19(25)30(26,27)11-7-12(21)20(15(11)23)28-13(22)6-4-3-5-10-14-9(8-29-10)17-16(24)18-14/h9-11,14,19H,2-8H2,1H3,(H2,17,18,24). The number of carbonyl (C=O) groups is 4. The Bertz CT molecular complexity index is 835. The van der Waals surface area contributed by atoms with Crippen molar-refractivity contribution in [3.63, 3.8) is 0 Å². The van der Waals surface area contributed by atoms with Crippen LogP contribution in [0.1, 0.15) is 39.0 Å². The average Bonchev–Trinajstić information content (AvgIpc) is 3.33. The number of fused-ring (bicyclic) bond motifs is 1. The molecule has 14 heteroatoms. The Morgan fingerprint density at radius 2 is 2.03 bits per heavy atom. The van der Waals surface area contributed by atoms with Crippen LogP contribution in [0.2, 0.25) is 0 Å². The Balaban J connectivity index is 1.43. The molecule has 4 amide bonds. The zero-order chi connectivity index (χ0) is 22.1. The predicted octanol–water partition coefficient (Wildman–Crippen LogP) is -1.97. The van der Waals surface area contributed by atoms with Gasteiger partial charge in [-0.1, -0.05) is 6.42 Å². The maximum atomic E-state index is 12.2. The number of rotatable bonds is 9. The SMILES string of the molecule is CC[NH+]([O-])S(=O)(=O)C1CC(=O)N(OC(=O)CCCCC2SCC3NC(=O)NC32)C1=O. The number of amides is 4. The van der Waals surface area contributed by atoms with Gasteiger partial charge in [-0.3, -0.25) is 14.1 Å². The van der Waals surface area contributed by atoms with Crippen LogP contribution in [0.3, 0.4) is 0 Å². The number of unbranched alkanes of at least 4 members (excludes halogenated alkanes) is 1. The lowest BCUT2D eigenvalue weighted by Crippen LogP contribution is -3.10. The molecule has 3 rings (SSSR count). The number of hydrogen-bond acceptors (Lipinski definition) is 9. The first kappa shape index (κ1) is 22.8. The predicted molar refractivity (Wildman–Crippen MR) is 104 cm³/mol. The minimum atomic E-state index is -4.46. The fourth-order valence-corrected chi connectivity index (χ4v) is 6.67. The molecule has 168 valence electrons. The third-order valence-electron chi connectivity index (χ3n) is 5.29. The van der Waals surface area contributed by atoms with Gasteiger partial charge in [0.1, 0.15) is 0 Å². The molecule has 0 bridgehead atoms. The molecule has 0 aromatic rings. The molecule has 3 N–H and O–H groups in total. The van der Waals surface area contributed by atoms with E-state index in [0.29, 0.717) is 12.8 Å². The van der Waals surface area contributed by atoms with E-state index in [0.717, 1.165) is 12.2 Å². The van der Waals surface area contributed by atoms with E-state index in [9.17, 15) is 32.8 Å². The van der Waals surface area contributed by atoms with Crippen LogP contribution in [0.15, 0.2) is 0 Å². The van der Waals surface area contributed by atoms with Gasteiger partial charge in [-0.25, -0.2) is 9.59 Å². The van der Waals surface area contributed by atoms with E-state index in [4.69, 9.17) is 4.84 Å². The highest BCUT2D eigenvalue weighted by atomic mass is 32.2. The van der Waals surface area contributed by atoms with Crippen LogP contribution in [-0.2, 0) is 29.2 Å². The lowest BCUT2D eigenvalue weighted by molar-refractivity contribution is -0.705. The summed E-state index contributed by atoms with van der Waals surface area (Å²) in [6.45, 7) is 1.01. The molecule has 0 aromatic heterocycles. The van der Waals surface area contributed by atoms with E-state index in [-0.39, 0.29) is 41.4 Å². The van der Waals surface area contributed by atoms with E-state index < -0.39 is 43.9 Å². The van der Waals surface area contributed by atoms with Crippen LogP contribution in [0.5, 0.6) is 0 Å².